The van der Waals surface area contributed by atoms with Crippen molar-refractivity contribution in [2.45, 2.75) is 53.1 Å². The number of aromatic hydroxyl groups is 1. The van der Waals surface area contributed by atoms with Gasteiger partial charge in [-0.25, -0.2) is 4.79 Å². The molecule has 2 aromatic carbocycles. The number of ether oxygens (including phenoxy) is 3. The lowest BCUT2D eigenvalue weighted by Crippen LogP contribution is -2.38. The van der Waals surface area contributed by atoms with Gasteiger partial charge < -0.3 is 24.6 Å². The SMILES string of the molecule is CCOc1cc(C2C(C(=O)OCc3ccc(OC)cc3)=C(C)NC3=C2C(=O)CC(C)(C)C3)cc(Cl)c1O. The number of methoxy groups -OCH3 is 1. The van der Waals surface area contributed by atoms with E-state index >= 15 is 0 Å². The first-order valence-electron chi connectivity index (χ1n) is 12.2. The molecule has 0 fully saturated rings. The van der Waals surface area contributed by atoms with Gasteiger partial charge in [0.05, 0.1) is 24.3 Å². The Morgan fingerprint density at radius 2 is 1.89 bits per heavy atom. The van der Waals surface area contributed by atoms with Crippen LogP contribution in [-0.2, 0) is 20.9 Å². The van der Waals surface area contributed by atoms with Crippen LogP contribution in [0.1, 0.15) is 57.6 Å². The van der Waals surface area contributed by atoms with Crippen LogP contribution in [0.3, 0.4) is 0 Å². The fourth-order valence-corrected chi connectivity index (χ4v) is 5.23. The lowest BCUT2D eigenvalue weighted by atomic mass is 9.68. The first kappa shape index (κ1) is 26.6. The maximum atomic E-state index is 13.6. The van der Waals surface area contributed by atoms with Gasteiger partial charge >= 0.3 is 5.97 Å². The van der Waals surface area contributed by atoms with Gasteiger partial charge in [-0.3, -0.25) is 4.79 Å². The molecule has 0 radical (unpaired) electrons. The number of esters is 1. The van der Waals surface area contributed by atoms with Crippen LogP contribution < -0.4 is 14.8 Å². The number of rotatable bonds is 7. The van der Waals surface area contributed by atoms with E-state index in [0.717, 1.165) is 11.3 Å². The summed E-state index contributed by atoms with van der Waals surface area (Å²) >= 11 is 6.37. The van der Waals surface area contributed by atoms with Crippen molar-refractivity contribution < 1.29 is 28.9 Å². The summed E-state index contributed by atoms with van der Waals surface area (Å²) in [5.41, 5.74) is 3.39. The Morgan fingerprint density at radius 1 is 1.19 bits per heavy atom. The first-order chi connectivity index (χ1) is 17.5. The molecular weight excluding hydrogens is 494 g/mol. The van der Waals surface area contributed by atoms with Gasteiger partial charge in [-0.1, -0.05) is 37.6 Å². The molecule has 2 aromatic rings. The second-order valence-corrected chi connectivity index (χ2v) is 10.5. The Balaban J connectivity index is 1.76. The first-order valence-corrected chi connectivity index (χ1v) is 12.6. The van der Waals surface area contributed by atoms with Crippen LogP contribution in [0.2, 0.25) is 5.02 Å². The average molecular weight is 526 g/mol. The Hall–Kier alpha value is -3.45. The van der Waals surface area contributed by atoms with Gasteiger partial charge in [-0.15, -0.1) is 0 Å². The average Bonchev–Trinajstić information content (AvgIpc) is 2.84. The summed E-state index contributed by atoms with van der Waals surface area (Å²) in [4.78, 5) is 27.1. The van der Waals surface area contributed by atoms with Gasteiger partial charge in [0.15, 0.2) is 17.3 Å². The number of ketones is 1. The molecule has 0 aromatic heterocycles. The summed E-state index contributed by atoms with van der Waals surface area (Å²) in [5.74, 6) is -0.594. The third kappa shape index (κ3) is 5.47. The highest BCUT2D eigenvalue weighted by Crippen LogP contribution is 2.49. The summed E-state index contributed by atoms with van der Waals surface area (Å²) in [5, 5.41) is 13.8. The zero-order valence-corrected chi connectivity index (χ0v) is 22.5. The van der Waals surface area contributed by atoms with E-state index in [1.807, 2.05) is 26.0 Å². The molecule has 0 bridgehead atoms. The van der Waals surface area contributed by atoms with Crippen molar-refractivity contribution in [1.29, 1.82) is 0 Å². The minimum Gasteiger partial charge on any atom is -0.503 e. The van der Waals surface area contributed by atoms with Crippen LogP contribution in [0.4, 0.5) is 0 Å². The van der Waals surface area contributed by atoms with Gasteiger partial charge in [-0.05, 0) is 61.1 Å². The topological polar surface area (TPSA) is 94.1 Å². The normalized spacial score (nSPS) is 18.8. The molecule has 1 unspecified atom stereocenters. The Kier molecular flexibility index (Phi) is 7.55. The molecule has 0 saturated carbocycles. The number of carbonyl (C=O) groups is 2. The Morgan fingerprint density at radius 3 is 2.54 bits per heavy atom. The van der Waals surface area contributed by atoms with Crippen molar-refractivity contribution in [2.75, 3.05) is 13.7 Å². The largest absolute Gasteiger partial charge is 0.503 e. The number of carbonyl (C=O) groups excluding carboxylic acids is 2. The molecule has 196 valence electrons. The van der Waals surface area contributed by atoms with Crippen LogP contribution in [0.25, 0.3) is 0 Å². The summed E-state index contributed by atoms with van der Waals surface area (Å²) in [6.45, 7) is 8.07. The van der Waals surface area contributed by atoms with Crippen LogP contribution in [-0.4, -0.2) is 30.6 Å². The lowest BCUT2D eigenvalue weighted by Gasteiger charge is -2.39. The molecule has 2 N–H and O–H groups in total. The van der Waals surface area contributed by atoms with E-state index in [1.165, 1.54) is 0 Å². The fraction of sp³-hybridized carbons (Fsp3) is 0.379. The highest BCUT2D eigenvalue weighted by atomic mass is 35.5. The molecule has 8 heteroatoms. The van der Waals surface area contributed by atoms with E-state index in [-0.39, 0.29) is 34.3 Å². The molecule has 2 aliphatic rings. The molecule has 4 rings (SSSR count). The van der Waals surface area contributed by atoms with Crippen molar-refractivity contribution >= 4 is 23.4 Å². The number of phenolic OH excluding ortho intramolecular Hbond substituents is 1. The fourth-order valence-electron chi connectivity index (χ4n) is 5.01. The molecule has 0 spiro atoms. The van der Waals surface area contributed by atoms with Crippen molar-refractivity contribution in [2.24, 2.45) is 5.41 Å². The monoisotopic (exact) mass is 525 g/mol. The van der Waals surface area contributed by atoms with Crippen molar-refractivity contribution in [1.82, 2.24) is 5.32 Å². The number of hydrogen-bond donors (Lipinski definition) is 2. The van der Waals surface area contributed by atoms with Gasteiger partial charge in [0.1, 0.15) is 12.4 Å². The molecule has 7 nitrogen and oxygen atoms in total. The van der Waals surface area contributed by atoms with E-state index < -0.39 is 11.9 Å². The minimum absolute atomic E-state index is 0.0427. The zero-order chi connectivity index (χ0) is 26.9. The van der Waals surface area contributed by atoms with Crippen molar-refractivity contribution in [3.8, 4) is 17.2 Å². The molecular formula is C29H32ClNO6. The lowest BCUT2D eigenvalue weighted by molar-refractivity contribution is -0.140. The number of nitrogens with one attached hydrogen (secondary N) is 1. The Labute approximate surface area is 222 Å². The van der Waals surface area contributed by atoms with Crippen molar-refractivity contribution in [3.63, 3.8) is 0 Å². The second kappa shape index (κ2) is 10.5. The smallest absolute Gasteiger partial charge is 0.337 e. The predicted octanol–water partition coefficient (Wildman–Crippen LogP) is 5.80. The molecule has 1 aliphatic heterocycles. The number of dihydropyridines is 1. The highest BCUT2D eigenvalue weighted by molar-refractivity contribution is 6.32. The number of allylic oxidation sites excluding steroid dienone is 3. The van der Waals surface area contributed by atoms with E-state index in [4.69, 9.17) is 25.8 Å². The van der Waals surface area contributed by atoms with Gasteiger partial charge in [-0.2, -0.15) is 0 Å². The van der Waals surface area contributed by atoms with Crippen LogP contribution >= 0.6 is 11.6 Å². The molecule has 0 amide bonds. The Bertz CT molecular complexity index is 1290. The molecule has 1 atom stereocenters. The highest BCUT2D eigenvalue weighted by Gasteiger charge is 2.43. The number of hydrogen-bond acceptors (Lipinski definition) is 7. The molecule has 37 heavy (non-hydrogen) atoms. The van der Waals surface area contributed by atoms with Gasteiger partial charge in [0.2, 0.25) is 0 Å². The van der Waals surface area contributed by atoms with E-state index in [1.54, 1.807) is 45.2 Å². The van der Waals surface area contributed by atoms with Gasteiger partial charge in [0, 0.05) is 29.3 Å². The quantitative estimate of drug-likeness (QED) is 0.441. The summed E-state index contributed by atoms with van der Waals surface area (Å²) < 4.78 is 16.5. The number of benzene rings is 2. The van der Waals surface area contributed by atoms with Crippen LogP contribution in [0.15, 0.2) is 58.9 Å². The van der Waals surface area contributed by atoms with E-state index in [0.29, 0.717) is 47.6 Å². The van der Waals surface area contributed by atoms with Crippen LogP contribution in [0.5, 0.6) is 17.2 Å². The third-order valence-corrected chi connectivity index (χ3v) is 6.96. The number of halogens is 1. The van der Waals surface area contributed by atoms with E-state index in [9.17, 15) is 14.7 Å². The summed E-state index contributed by atoms with van der Waals surface area (Å²) in [7, 11) is 1.59. The van der Waals surface area contributed by atoms with Crippen molar-refractivity contribution in [3.05, 3.63) is 75.1 Å². The summed E-state index contributed by atoms with van der Waals surface area (Å²) in [6.07, 6.45) is 1.00. The standard InChI is InChI=1S/C29H32ClNO6/c1-6-36-23-12-18(11-20(30)27(23)33)25-24(28(34)37-15-17-7-9-19(35-5)10-8-17)16(2)31-21-13-29(3,4)14-22(32)26(21)25/h7-12,25,31,33H,6,13-15H2,1-5H3. The molecule has 0 saturated heterocycles. The van der Waals surface area contributed by atoms with Gasteiger partial charge in [0.25, 0.3) is 0 Å². The van der Waals surface area contributed by atoms with E-state index in [2.05, 4.69) is 5.32 Å². The zero-order valence-electron chi connectivity index (χ0n) is 21.7. The minimum atomic E-state index is -0.722. The van der Waals surface area contributed by atoms with Crippen LogP contribution in [0, 0.1) is 5.41 Å². The third-order valence-electron chi connectivity index (χ3n) is 6.67. The number of phenols is 1. The predicted molar refractivity (Wildman–Crippen MR) is 141 cm³/mol. The summed E-state index contributed by atoms with van der Waals surface area (Å²) in [6, 6.07) is 10.5. The molecule has 1 aliphatic carbocycles. The maximum absolute atomic E-state index is 13.6. The maximum Gasteiger partial charge on any atom is 0.337 e. The molecule has 1 heterocycles. The number of Topliss-reactive ketones (excluding diaryl/α,β-unsaturated/α-hetero) is 1. The second-order valence-electron chi connectivity index (χ2n) is 10.1.